The Morgan fingerprint density at radius 3 is 2.40 bits per heavy atom. The molecular formula is C8H6BrI. The first kappa shape index (κ1) is 8.27. The molecule has 0 fully saturated rings. The van der Waals surface area contributed by atoms with Crippen LogP contribution in [0.5, 0.6) is 0 Å². The van der Waals surface area contributed by atoms with Crippen LogP contribution in [-0.2, 0) is 0 Å². The lowest BCUT2D eigenvalue weighted by molar-refractivity contribution is 1.66. The molecule has 0 aromatic heterocycles. The standard InChI is InChI=1S/C8H6BrI/c9-6-8(10)7-4-2-1-3-5-7/h1-6H/b8-6-. The third kappa shape index (κ3) is 2.09. The summed E-state index contributed by atoms with van der Waals surface area (Å²) in [6.07, 6.45) is 0. The molecule has 0 aliphatic rings. The van der Waals surface area contributed by atoms with Gasteiger partial charge in [0.2, 0.25) is 0 Å². The van der Waals surface area contributed by atoms with Crippen LogP contribution >= 0.6 is 38.5 Å². The Kier molecular flexibility index (Phi) is 3.42. The lowest BCUT2D eigenvalue weighted by Crippen LogP contribution is -1.70. The Balaban J connectivity index is 2.96. The van der Waals surface area contributed by atoms with Crippen LogP contribution in [-0.4, -0.2) is 0 Å². The van der Waals surface area contributed by atoms with Crippen molar-refractivity contribution < 1.29 is 0 Å². The summed E-state index contributed by atoms with van der Waals surface area (Å²) in [6.45, 7) is 0. The lowest BCUT2D eigenvalue weighted by atomic mass is 10.2. The van der Waals surface area contributed by atoms with E-state index >= 15 is 0 Å². The molecule has 1 aromatic rings. The molecule has 2 heteroatoms. The highest BCUT2D eigenvalue weighted by Gasteiger charge is 1.91. The smallest absolute Gasteiger partial charge is 0.0271 e. The van der Waals surface area contributed by atoms with E-state index in [0.717, 1.165) is 0 Å². The van der Waals surface area contributed by atoms with Crippen molar-refractivity contribution in [3.8, 4) is 0 Å². The highest BCUT2D eigenvalue weighted by Crippen LogP contribution is 2.22. The molecule has 0 radical (unpaired) electrons. The highest BCUT2D eigenvalue weighted by molar-refractivity contribution is 14.1. The first-order valence-corrected chi connectivity index (χ1v) is 4.85. The third-order valence-electron chi connectivity index (χ3n) is 1.15. The molecule has 0 amide bonds. The molecule has 0 bridgehead atoms. The first-order chi connectivity index (χ1) is 4.84. The van der Waals surface area contributed by atoms with Gasteiger partial charge in [-0.3, -0.25) is 0 Å². The Hall–Kier alpha value is 0.170. The van der Waals surface area contributed by atoms with Crippen molar-refractivity contribution >= 4 is 42.1 Å². The van der Waals surface area contributed by atoms with Gasteiger partial charge < -0.3 is 0 Å². The Morgan fingerprint density at radius 2 is 1.90 bits per heavy atom. The highest BCUT2D eigenvalue weighted by atomic mass is 127. The van der Waals surface area contributed by atoms with Gasteiger partial charge >= 0.3 is 0 Å². The SMILES string of the molecule is Br/C=C(\I)c1ccccc1. The predicted octanol–water partition coefficient (Wildman–Crippen LogP) is 3.81. The summed E-state index contributed by atoms with van der Waals surface area (Å²) in [6, 6.07) is 10.2. The zero-order valence-electron chi connectivity index (χ0n) is 5.22. The van der Waals surface area contributed by atoms with Gasteiger partial charge in [0.05, 0.1) is 0 Å². The molecule has 0 saturated carbocycles. The van der Waals surface area contributed by atoms with E-state index in [1.54, 1.807) is 0 Å². The zero-order chi connectivity index (χ0) is 7.40. The summed E-state index contributed by atoms with van der Waals surface area (Å²) in [5.41, 5.74) is 1.25. The quantitative estimate of drug-likeness (QED) is 0.692. The van der Waals surface area contributed by atoms with Gasteiger partial charge in [0.1, 0.15) is 0 Å². The third-order valence-corrected chi connectivity index (χ3v) is 3.39. The van der Waals surface area contributed by atoms with Crippen molar-refractivity contribution in [3.05, 3.63) is 40.9 Å². The Morgan fingerprint density at radius 1 is 1.30 bits per heavy atom. The second-order valence-corrected chi connectivity index (χ2v) is 3.44. The van der Waals surface area contributed by atoms with E-state index in [2.05, 4.69) is 50.7 Å². The fourth-order valence-electron chi connectivity index (χ4n) is 0.660. The van der Waals surface area contributed by atoms with Crippen molar-refractivity contribution in [2.24, 2.45) is 0 Å². The fraction of sp³-hybridized carbons (Fsp3) is 0. The van der Waals surface area contributed by atoms with Crippen LogP contribution in [0, 0.1) is 0 Å². The van der Waals surface area contributed by atoms with Gasteiger partial charge in [-0.1, -0.05) is 46.3 Å². The van der Waals surface area contributed by atoms with Crippen LogP contribution in [0.4, 0.5) is 0 Å². The largest absolute Gasteiger partial charge is 0.0622 e. The van der Waals surface area contributed by atoms with Crippen LogP contribution < -0.4 is 0 Å². The minimum atomic E-state index is 1.22. The van der Waals surface area contributed by atoms with Crippen molar-refractivity contribution in [3.63, 3.8) is 0 Å². The van der Waals surface area contributed by atoms with Crippen LogP contribution in [0.25, 0.3) is 3.58 Å². The Bertz CT molecular complexity index is 228. The topological polar surface area (TPSA) is 0 Å². The molecule has 0 unspecified atom stereocenters. The molecule has 1 rings (SSSR count). The maximum atomic E-state index is 3.28. The van der Waals surface area contributed by atoms with E-state index in [-0.39, 0.29) is 0 Å². The van der Waals surface area contributed by atoms with Gasteiger partial charge in [-0.25, -0.2) is 0 Å². The Labute approximate surface area is 82.6 Å². The molecule has 0 heterocycles. The molecule has 0 nitrogen and oxygen atoms in total. The average molecular weight is 309 g/mol. The van der Waals surface area contributed by atoms with E-state index < -0.39 is 0 Å². The summed E-state index contributed by atoms with van der Waals surface area (Å²) >= 11 is 5.57. The molecule has 1 aromatic carbocycles. The fourth-order valence-corrected chi connectivity index (χ4v) is 1.28. The number of halogens is 2. The van der Waals surface area contributed by atoms with E-state index in [9.17, 15) is 0 Å². The summed E-state index contributed by atoms with van der Waals surface area (Å²) in [4.78, 5) is 1.92. The van der Waals surface area contributed by atoms with E-state index in [4.69, 9.17) is 0 Å². The summed E-state index contributed by atoms with van der Waals surface area (Å²) < 4.78 is 1.22. The molecule has 0 atom stereocenters. The van der Waals surface area contributed by atoms with E-state index in [1.165, 1.54) is 9.14 Å². The van der Waals surface area contributed by atoms with Crippen molar-refractivity contribution in [2.75, 3.05) is 0 Å². The number of benzene rings is 1. The summed E-state index contributed by atoms with van der Waals surface area (Å²) in [5.74, 6) is 0. The number of hydrogen-bond donors (Lipinski definition) is 0. The van der Waals surface area contributed by atoms with E-state index in [1.807, 2.05) is 23.2 Å². The molecule has 0 spiro atoms. The van der Waals surface area contributed by atoms with E-state index in [0.29, 0.717) is 0 Å². The van der Waals surface area contributed by atoms with Gasteiger partial charge in [0, 0.05) is 3.58 Å². The van der Waals surface area contributed by atoms with Gasteiger partial charge in [-0.2, -0.15) is 0 Å². The number of hydrogen-bond acceptors (Lipinski definition) is 0. The molecular weight excluding hydrogens is 303 g/mol. The molecule has 0 aliphatic heterocycles. The predicted molar refractivity (Wildman–Crippen MR) is 57.4 cm³/mol. The normalized spacial score (nSPS) is 11.6. The molecule has 0 N–H and O–H groups in total. The minimum Gasteiger partial charge on any atom is -0.0622 e. The van der Waals surface area contributed by atoms with Gasteiger partial charge in [0.15, 0.2) is 0 Å². The summed E-state index contributed by atoms with van der Waals surface area (Å²) in [7, 11) is 0. The molecule has 10 heavy (non-hydrogen) atoms. The maximum absolute atomic E-state index is 3.28. The molecule has 0 aliphatic carbocycles. The second kappa shape index (κ2) is 4.13. The molecule has 52 valence electrons. The van der Waals surface area contributed by atoms with Crippen LogP contribution in [0.15, 0.2) is 35.3 Å². The van der Waals surface area contributed by atoms with Crippen LogP contribution in [0.1, 0.15) is 5.56 Å². The van der Waals surface area contributed by atoms with Crippen LogP contribution in [0.2, 0.25) is 0 Å². The first-order valence-electron chi connectivity index (χ1n) is 2.86. The summed E-state index contributed by atoms with van der Waals surface area (Å²) in [5, 5.41) is 0. The zero-order valence-corrected chi connectivity index (χ0v) is 8.96. The monoisotopic (exact) mass is 308 g/mol. The molecule has 0 saturated heterocycles. The van der Waals surface area contributed by atoms with Gasteiger partial charge in [-0.05, 0) is 33.1 Å². The average Bonchev–Trinajstić information content (AvgIpc) is 2.05. The van der Waals surface area contributed by atoms with Crippen molar-refractivity contribution in [1.29, 1.82) is 0 Å². The maximum Gasteiger partial charge on any atom is 0.0271 e. The van der Waals surface area contributed by atoms with Gasteiger partial charge in [-0.15, -0.1) is 0 Å². The minimum absolute atomic E-state index is 1.22. The second-order valence-electron chi connectivity index (χ2n) is 1.82. The lowest BCUT2D eigenvalue weighted by Gasteiger charge is -1.94. The van der Waals surface area contributed by atoms with Crippen molar-refractivity contribution in [2.45, 2.75) is 0 Å². The van der Waals surface area contributed by atoms with Crippen molar-refractivity contribution in [1.82, 2.24) is 0 Å². The van der Waals surface area contributed by atoms with Gasteiger partial charge in [0.25, 0.3) is 0 Å². The van der Waals surface area contributed by atoms with Crippen LogP contribution in [0.3, 0.4) is 0 Å². The number of rotatable bonds is 1.